The number of aromatic nitrogens is 2. The summed E-state index contributed by atoms with van der Waals surface area (Å²) in [5.74, 6) is 0.0238. The molecule has 0 aromatic carbocycles. The van der Waals surface area contributed by atoms with E-state index in [9.17, 15) is 4.79 Å². The summed E-state index contributed by atoms with van der Waals surface area (Å²) < 4.78 is 7.49. The van der Waals surface area contributed by atoms with Gasteiger partial charge in [0.2, 0.25) is 0 Å². The molecule has 1 fully saturated rings. The van der Waals surface area contributed by atoms with Crippen LogP contribution in [0.3, 0.4) is 0 Å². The highest BCUT2D eigenvalue weighted by molar-refractivity contribution is 9.10. The van der Waals surface area contributed by atoms with Crippen molar-refractivity contribution in [1.29, 1.82) is 0 Å². The van der Waals surface area contributed by atoms with E-state index < -0.39 is 0 Å². The number of rotatable bonds is 5. The lowest BCUT2D eigenvalue weighted by Gasteiger charge is -2.27. The van der Waals surface area contributed by atoms with E-state index in [1.54, 1.807) is 18.0 Å². The Hall–Kier alpha value is -0.720. The Morgan fingerprint density at radius 1 is 1.58 bits per heavy atom. The third-order valence-electron chi connectivity index (χ3n) is 3.69. The Kier molecular flexibility index (Phi) is 5.13. The molecule has 2 atom stereocenters. The fourth-order valence-electron chi connectivity index (χ4n) is 2.62. The van der Waals surface area contributed by atoms with Gasteiger partial charge in [0.25, 0.3) is 0 Å². The second-order valence-electron chi connectivity index (χ2n) is 4.98. The third kappa shape index (κ3) is 3.24. The highest BCUT2D eigenvalue weighted by Crippen LogP contribution is 2.28. The number of ketones is 1. The van der Waals surface area contributed by atoms with E-state index in [0.717, 1.165) is 30.2 Å². The number of carbonyl (C=O) groups is 1. The van der Waals surface area contributed by atoms with E-state index in [4.69, 9.17) is 10.5 Å². The zero-order chi connectivity index (χ0) is 13.8. The van der Waals surface area contributed by atoms with Crippen LogP contribution >= 0.6 is 15.9 Å². The van der Waals surface area contributed by atoms with E-state index in [1.807, 2.05) is 0 Å². The van der Waals surface area contributed by atoms with Gasteiger partial charge < -0.3 is 10.5 Å². The summed E-state index contributed by atoms with van der Waals surface area (Å²) >= 11 is 3.41. The van der Waals surface area contributed by atoms with Crippen molar-refractivity contribution in [2.24, 2.45) is 11.7 Å². The maximum Gasteiger partial charge on any atom is 0.186 e. The number of nitrogens with zero attached hydrogens (tertiary/aromatic N) is 2. The predicted molar refractivity (Wildman–Crippen MR) is 76.1 cm³/mol. The Morgan fingerprint density at radius 2 is 2.32 bits per heavy atom. The van der Waals surface area contributed by atoms with Gasteiger partial charge in [-0.05, 0) is 28.8 Å². The molecule has 1 saturated carbocycles. The van der Waals surface area contributed by atoms with Gasteiger partial charge >= 0.3 is 0 Å². The van der Waals surface area contributed by atoms with Crippen molar-refractivity contribution in [2.75, 3.05) is 13.7 Å². The van der Waals surface area contributed by atoms with Gasteiger partial charge in [-0.15, -0.1) is 0 Å². The molecule has 1 aromatic heterocycles. The summed E-state index contributed by atoms with van der Waals surface area (Å²) in [6, 6.07) is -0.0288. The van der Waals surface area contributed by atoms with E-state index in [0.29, 0.717) is 18.8 Å². The zero-order valence-electron chi connectivity index (χ0n) is 11.1. The second kappa shape index (κ2) is 6.63. The van der Waals surface area contributed by atoms with Crippen molar-refractivity contribution in [3.8, 4) is 0 Å². The molecule has 106 valence electrons. The van der Waals surface area contributed by atoms with Crippen LogP contribution in [0.4, 0.5) is 0 Å². The molecule has 2 N–H and O–H groups in total. The average molecular weight is 330 g/mol. The molecule has 0 bridgehead atoms. The number of carbonyl (C=O) groups excluding carboxylic acids is 1. The standard InChI is InChI=1S/C13H20BrN3O2/c1-19-7-6-17-12(10(14)8-16-17)13(18)9-4-2-3-5-11(9)15/h8-9,11H,2-7,15H2,1H3. The zero-order valence-corrected chi connectivity index (χ0v) is 12.7. The minimum atomic E-state index is -0.0805. The first kappa shape index (κ1) is 14.7. The van der Waals surface area contributed by atoms with E-state index in [1.165, 1.54) is 0 Å². The molecular weight excluding hydrogens is 310 g/mol. The minimum absolute atomic E-state index is 0.0288. The number of hydrogen-bond acceptors (Lipinski definition) is 4. The summed E-state index contributed by atoms with van der Waals surface area (Å²) in [7, 11) is 1.64. The molecule has 19 heavy (non-hydrogen) atoms. The molecule has 6 heteroatoms. The molecule has 0 spiro atoms. The van der Waals surface area contributed by atoms with Gasteiger partial charge in [-0.3, -0.25) is 9.48 Å². The van der Waals surface area contributed by atoms with Crippen LogP contribution in [-0.4, -0.2) is 35.3 Å². The minimum Gasteiger partial charge on any atom is -0.383 e. The van der Waals surface area contributed by atoms with Gasteiger partial charge in [0.15, 0.2) is 5.78 Å². The van der Waals surface area contributed by atoms with E-state index in [-0.39, 0.29) is 17.7 Å². The molecule has 0 saturated heterocycles. The molecule has 1 aliphatic rings. The Morgan fingerprint density at radius 3 is 3.00 bits per heavy atom. The van der Waals surface area contributed by atoms with Gasteiger partial charge in [-0.1, -0.05) is 12.8 Å². The summed E-state index contributed by atoms with van der Waals surface area (Å²) in [5, 5.41) is 4.22. The first-order valence-electron chi connectivity index (χ1n) is 6.65. The predicted octanol–water partition coefficient (Wildman–Crippen LogP) is 1.99. The number of halogens is 1. The van der Waals surface area contributed by atoms with Crippen LogP contribution in [0.2, 0.25) is 0 Å². The Bertz CT molecular complexity index is 447. The van der Waals surface area contributed by atoms with Crippen molar-refractivity contribution in [1.82, 2.24) is 9.78 Å². The van der Waals surface area contributed by atoms with Crippen molar-refractivity contribution in [3.63, 3.8) is 0 Å². The van der Waals surface area contributed by atoms with Crippen molar-refractivity contribution < 1.29 is 9.53 Å². The number of Topliss-reactive ketones (excluding diaryl/α,β-unsaturated/α-hetero) is 1. The normalized spacial score (nSPS) is 23.5. The summed E-state index contributed by atoms with van der Waals surface area (Å²) in [4.78, 5) is 12.7. The van der Waals surface area contributed by atoms with Crippen LogP contribution < -0.4 is 5.73 Å². The number of methoxy groups -OCH3 is 1. The summed E-state index contributed by atoms with van der Waals surface area (Å²) in [6.45, 7) is 1.11. The Labute approximate surface area is 121 Å². The lowest BCUT2D eigenvalue weighted by Crippen LogP contribution is -2.39. The number of ether oxygens (including phenoxy) is 1. The number of hydrogen-bond donors (Lipinski definition) is 1. The Balaban J connectivity index is 2.19. The van der Waals surface area contributed by atoms with Gasteiger partial charge in [0.1, 0.15) is 5.69 Å². The molecule has 2 unspecified atom stereocenters. The summed E-state index contributed by atoms with van der Waals surface area (Å²) in [5.41, 5.74) is 6.72. The van der Waals surface area contributed by atoms with E-state index in [2.05, 4.69) is 21.0 Å². The van der Waals surface area contributed by atoms with Crippen LogP contribution in [-0.2, 0) is 11.3 Å². The van der Waals surface area contributed by atoms with Crippen molar-refractivity contribution in [3.05, 3.63) is 16.4 Å². The quantitative estimate of drug-likeness (QED) is 0.838. The molecule has 1 heterocycles. The van der Waals surface area contributed by atoms with Crippen LogP contribution in [0.5, 0.6) is 0 Å². The first-order chi connectivity index (χ1) is 9.15. The fraction of sp³-hybridized carbons (Fsp3) is 0.692. The molecule has 5 nitrogen and oxygen atoms in total. The lowest BCUT2D eigenvalue weighted by atomic mass is 9.81. The second-order valence-corrected chi connectivity index (χ2v) is 5.83. The topological polar surface area (TPSA) is 70.1 Å². The third-order valence-corrected chi connectivity index (χ3v) is 4.27. The molecule has 2 rings (SSSR count). The smallest absolute Gasteiger partial charge is 0.186 e. The van der Waals surface area contributed by atoms with Gasteiger partial charge in [0, 0.05) is 19.1 Å². The molecule has 0 amide bonds. The van der Waals surface area contributed by atoms with Crippen LogP contribution in [0.25, 0.3) is 0 Å². The molecule has 1 aromatic rings. The van der Waals surface area contributed by atoms with Crippen molar-refractivity contribution >= 4 is 21.7 Å². The fourth-order valence-corrected chi connectivity index (χ4v) is 3.11. The van der Waals surface area contributed by atoms with Crippen LogP contribution in [0, 0.1) is 5.92 Å². The molecule has 0 radical (unpaired) electrons. The molecule has 1 aliphatic carbocycles. The highest BCUT2D eigenvalue weighted by atomic mass is 79.9. The SMILES string of the molecule is COCCn1ncc(Br)c1C(=O)C1CCCCC1N. The van der Waals surface area contributed by atoms with E-state index >= 15 is 0 Å². The average Bonchev–Trinajstić information content (AvgIpc) is 2.77. The summed E-state index contributed by atoms with van der Waals surface area (Å²) in [6.07, 6.45) is 5.67. The first-order valence-corrected chi connectivity index (χ1v) is 7.44. The number of nitrogens with two attached hydrogens (primary N) is 1. The van der Waals surface area contributed by atoms with Gasteiger partial charge in [-0.2, -0.15) is 5.10 Å². The van der Waals surface area contributed by atoms with Crippen LogP contribution in [0.1, 0.15) is 36.2 Å². The van der Waals surface area contributed by atoms with Crippen LogP contribution in [0.15, 0.2) is 10.7 Å². The monoisotopic (exact) mass is 329 g/mol. The van der Waals surface area contributed by atoms with Crippen molar-refractivity contribution in [2.45, 2.75) is 38.3 Å². The van der Waals surface area contributed by atoms with Gasteiger partial charge in [0.05, 0.1) is 23.8 Å². The molecule has 0 aliphatic heterocycles. The molecular formula is C13H20BrN3O2. The largest absolute Gasteiger partial charge is 0.383 e. The maximum atomic E-state index is 12.7. The highest BCUT2D eigenvalue weighted by Gasteiger charge is 2.32. The van der Waals surface area contributed by atoms with Gasteiger partial charge in [-0.25, -0.2) is 0 Å². The maximum absolute atomic E-state index is 12.7. The lowest BCUT2D eigenvalue weighted by molar-refractivity contribution is 0.0855.